The van der Waals surface area contributed by atoms with Crippen molar-refractivity contribution in [3.8, 4) is 0 Å². The standard InChI is InChI=1S/C17H24N2O/c1-12(11-20-2)10-18-16-9-5-7-14-13-6-3-4-8-15(13)19-17(14)16/h3-4,6,8,12,16,18-19H,5,7,9-11H2,1-2H3. The molecule has 0 aliphatic heterocycles. The molecule has 0 amide bonds. The van der Waals surface area contributed by atoms with E-state index in [1.54, 1.807) is 7.11 Å². The number of fused-ring (bicyclic) bond motifs is 3. The fourth-order valence-corrected chi connectivity index (χ4v) is 3.31. The van der Waals surface area contributed by atoms with Crippen LogP contribution >= 0.6 is 0 Å². The Morgan fingerprint density at radius 3 is 3.10 bits per heavy atom. The monoisotopic (exact) mass is 272 g/mol. The summed E-state index contributed by atoms with van der Waals surface area (Å²) in [6.45, 7) is 4.05. The third kappa shape index (κ3) is 2.60. The number of hydrogen-bond acceptors (Lipinski definition) is 2. The van der Waals surface area contributed by atoms with Crippen LogP contribution in [0, 0.1) is 5.92 Å². The lowest BCUT2D eigenvalue weighted by molar-refractivity contribution is 0.156. The van der Waals surface area contributed by atoms with E-state index in [2.05, 4.69) is 41.5 Å². The van der Waals surface area contributed by atoms with Crippen LogP contribution in [0.3, 0.4) is 0 Å². The summed E-state index contributed by atoms with van der Waals surface area (Å²) in [6.07, 6.45) is 3.69. The number of aromatic amines is 1. The number of rotatable bonds is 5. The van der Waals surface area contributed by atoms with Crippen molar-refractivity contribution < 1.29 is 4.74 Å². The van der Waals surface area contributed by atoms with Crippen LogP contribution in [-0.2, 0) is 11.2 Å². The maximum Gasteiger partial charge on any atom is 0.0499 e. The van der Waals surface area contributed by atoms with Crippen molar-refractivity contribution in [3.05, 3.63) is 35.5 Å². The minimum atomic E-state index is 0.463. The Hall–Kier alpha value is -1.32. The summed E-state index contributed by atoms with van der Waals surface area (Å²) in [5, 5.41) is 5.11. The maximum atomic E-state index is 5.21. The summed E-state index contributed by atoms with van der Waals surface area (Å²) in [5.74, 6) is 0.551. The van der Waals surface area contributed by atoms with Gasteiger partial charge in [0.05, 0.1) is 0 Å². The highest BCUT2D eigenvalue weighted by molar-refractivity contribution is 5.85. The zero-order valence-corrected chi connectivity index (χ0v) is 12.4. The van der Waals surface area contributed by atoms with Gasteiger partial charge in [-0.25, -0.2) is 0 Å². The van der Waals surface area contributed by atoms with Crippen LogP contribution in [-0.4, -0.2) is 25.2 Å². The average Bonchev–Trinajstić information content (AvgIpc) is 2.84. The quantitative estimate of drug-likeness (QED) is 0.875. The van der Waals surface area contributed by atoms with E-state index in [9.17, 15) is 0 Å². The number of aryl methyl sites for hydroxylation is 1. The molecule has 1 aromatic heterocycles. The van der Waals surface area contributed by atoms with Gasteiger partial charge in [0.25, 0.3) is 0 Å². The summed E-state index contributed by atoms with van der Waals surface area (Å²) in [4.78, 5) is 3.63. The lowest BCUT2D eigenvalue weighted by Gasteiger charge is -2.25. The average molecular weight is 272 g/mol. The number of para-hydroxylation sites is 1. The first-order chi connectivity index (χ1) is 9.79. The van der Waals surface area contributed by atoms with Crippen molar-refractivity contribution >= 4 is 10.9 Å². The minimum absolute atomic E-state index is 0.463. The molecule has 0 bridgehead atoms. The summed E-state index contributed by atoms with van der Waals surface area (Å²) in [6, 6.07) is 9.12. The minimum Gasteiger partial charge on any atom is -0.384 e. The van der Waals surface area contributed by atoms with Crippen molar-refractivity contribution in [1.82, 2.24) is 10.3 Å². The molecule has 108 valence electrons. The molecule has 3 rings (SSSR count). The van der Waals surface area contributed by atoms with Gasteiger partial charge in [-0.2, -0.15) is 0 Å². The fraction of sp³-hybridized carbons (Fsp3) is 0.529. The molecule has 2 aromatic rings. The van der Waals surface area contributed by atoms with Crippen LogP contribution in [0.15, 0.2) is 24.3 Å². The Morgan fingerprint density at radius 2 is 2.25 bits per heavy atom. The van der Waals surface area contributed by atoms with E-state index in [1.807, 2.05) is 0 Å². The van der Waals surface area contributed by atoms with Crippen molar-refractivity contribution in [2.75, 3.05) is 20.3 Å². The molecule has 0 fully saturated rings. The second kappa shape index (κ2) is 5.98. The summed E-state index contributed by atoms with van der Waals surface area (Å²) in [7, 11) is 1.77. The molecule has 0 spiro atoms. The number of methoxy groups -OCH3 is 1. The molecule has 0 saturated carbocycles. The van der Waals surface area contributed by atoms with Crippen LogP contribution in [0.2, 0.25) is 0 Å². The molecule has 2 atom stereocenters. The Bertz CT molecular complexity index is 575. The number of benzene rings is 1. The van der Waals surface area contributed by atoms with Gasteiger partial charge in [0.15, 0.2) is 0 Å². The molecule has 3 nitrogen and oxygen atoms in total. The molecule has 20 heavy (non-hydrogen) atoms. The van der Waals surface area contributed by atoms with E-state index < -0.39 is 0 Å². The van der Waals surface area contributed by atoms with Crippen LogP contribution < -0.4 is 5.32 Å². The predicted molar refractivity (Wildman–Crippen MR) is 83.0 cm³/mol. The van der Waals surface area contributed by atoms with Gasteiger partial charge in [0.2, 0.25) is 0 Å². The van der Waals surface area contributed by atoms with Crippen molar-refractivity contribution in [2.45, 2.75) is 32.2 Å². The van der Waals surface area contributed by atoms with Crippen molar-refractivity contribution in [2.24, 2.45) is 5.92 Å². The molecular formula is C17H24N2O. The first-order valence-electron chi connectivity index (χ1n) is 7.61. The molecule has 2 N–H and O–H groups in total. The van der Waals surface area contributed by atoms with Crippen LogP contribution in [0.25, 0.3) is 10.9 Å². The van der Waals surface area contributed by atoms with Gasteiger partial charge in [-0.15, -0.1) is 0 Å². The SMILES string of the molecule is COCC(C)CNC1CCCc2c1[nH]c1ccccc21. The van der Waals surface area contributed by atoms with E-state index in [-0.39, 0.29) is 0 Å². The highest BCUT2D eigenvalue weighted by Gasteiger charge is 2.23. The Morgan fingerprint density at radius 1 is 1.40 bits per heavy atom. The van der Waals surface area contributed by atoms with E-state index in [0.29, 0.717) is 12.0 Å². The number of nitrogens with one attached hydrogen (secondary N) is 2. The molecular weight excluding hydrogens is 248 g/mol. The molecule has 1 heterocycles. The molecule has 0 saturated heterocycles. The van der Waals surface area contributed by atoms with Gasteiger partial charge in [-0.05, 0) is 36.8 Å². The van der Waals surface area contributed by atoms with Crippen molar-refractivity contribution in [3.63, 3.8) is 0 Å². The predicted octanol–water partition coefficient (Wildman–Crippen LogP) is 3.42. The van der Waals surface area contributed by atoms with Gasteiger partial charge in [0.1, 0.15) is 0 Å². The van der Waals surface area contributed by atoms with E-state index in [4.69, 9.17) is 4.74 Å². The molecule has 1 aliphatic carbocycles. The smallest absolute Gasteiger partial charge is 0.0499 e. The van der Waals surface area contributed by atoms with Gasteiger partial charge in [-0.3, -0.25) is 0 Å². The van der Waals surface area contributed by atoms with E-state index >= 15 is 0 Å². The van der Waals surface area contributed by atoms with Gasteiger partial charge >= 0.3 is 0 Å². The first kappa shape index (κ1) is 13.7. The fourth-order valence-electron chi connectivity index (χ4n) is 3.31. The second-order valence-electron chi connectivity index (χ2n) is 5.98. The zero-order chi connectivity index (χ0) is 13.9. The van der Waals surface area contributed by atoms with Crippen LogP contribution in [0.4, 0.5) is 0 Å². The van der Waals surface area contributed by atoms with Crippen LogP contribution in [0.5, 0.6) is 0 Å². The Labute approximate surface area is 120 Å². The second-order valence-corrected chi connectivity index (χ2v) is 5.98. The number of aromatic nitrogens is 1. The lowest BCUT2D eigenvalue weighted by atomic mass is 9.91. The first-order valence-corrected chi connectivity index (χ1v) is 7.61. The van der Waals surface area contributed by atoms with E-state index in [1.165, 1.54) is 41.4 Å². The van der Waals surface area contributed by atoms with Gasteiger partial charge in [-0.1, -0.05) is 25.1 Å². The third-order valence-electron chi connectivity index (χ3n) is 4.28. The number of H-pyrrole nitrogens is 1. The molecule has 0 radical (unpaired) electrons. The highest BCUT2D eigenvalue weighted by atomic mass is 16.5. The maximum absolute atomic E-state index is 5.21. The largest absolute Gasteiger partial charge is 0.384 e. The molecule has 3 heteroatoms. The molecule has 1 aliphatic rings. The summed E-state index contributed by atoms with van der Waals surface area (Å²) in [5.41, 5.74) is 4.20. The van der Waals surface area contributed by atoms with Crippen LogP contribution in [0.1, 0.15) is 37.1 Å². The highest BCUT2D eigenvalue weighted by Crippen LogP contribution is 2.34. The lowest BCUT2D eigenvalue weighted by Crippen LogP contribution is -2.30. The number of ether oxygens (including phenoxy) is 1. The van der Waals surface area contributed by atoms with E-state index in [0.717, 1.165) is 13.2 Å². The molecule has 1 aromatic carbocycles. The summed E-state index contributed by atoms with van der Waals surface area (Å²) < 4.78 is 5.21. The summed E-state index contributed by atoms with van der Waals surface area (Å²) >= 11 is 0. The number of hydrogen-bond donors (Lipinski definition) is 2. The Balaban J connectivity index is 1.79. The normalized spacial score (nSPS) is 20.0. The van der Waals surface area contributed by atoms with Crippen molar-refractivity contribution in [1.29, 1.82) is 0 Å². The van der Waals surface area contributed by atoms with Gasteiger partial charge < -0.3 is 15.0 Å². The Kier molecular flexibility index (Phi) is 4.08. The third-order valence-corrected chi connectivity index (χ3v) is 4.28. The van der Waals surface area contributed by atoms with Gasteiger partial charge in [0, 0.05) is 42.9 Å². The topological polar surface area (TPSA) is 37.0 Å². The zero-order valence-electron chi connectivity index (χ0n) is 12.4. The molecule has 2 unspecified atom stereocenters.